The molecule has 0 radical (unpaired) electrons. The zero-order valence-electron chi connectivity index (χ0n) is 53.3. The van der Waals surface area contributed by atoms with Crippen molar-refractivity contribution in [3.63, 3.8) is 0 Å². The molecule has 5 heteroatoms. The Hall–Kier alpha value is -8.38. The highest BCUT2D eigenvalue weighted by Gasteiger charge is 2.50. The van der Waals surface area contributed by atoms with Crippen molar-refractivity contribution < 1.29 is 4.42 Å². The lowest BCUT2D eigenvalue weighted by atomic mass is 9.66. The number of nitrogens with two attached hydrogens (primary N) is 2. The molecule has 0 saturated carbocycles. The Labute approximate surface area is 510 Å². The molecule has 3 aliphatic rings. The van der Waals surface area contributed by atoms with E-state index in [4.69, 9.17) is 10.2 Å². The Kier molecular flexibility index (Phi) is 19.7. The van der Waals surface area contributed by atoms with Crippen LogP contribution in [0, 0.1) is 19.3 Å². The van der Waals surface area contributed by atoms with Gasteiger partial charge in [0.05, 0.1) is 22.5 Å². The summed E-state index contributed by atoms with van der Waals surface area (Å²) in [5.74, 6) is 1.43. The van der Waals surface area contributed by atoms with Gasteiger partial charge in [-0.15, -0.1) is 0 Å². The minimum absolute atomic E-state index is 0.0245. The Morgan fingerprint density at radius 2 is 1.38 bits per heavy atom. The van der Waals surface area contributed by atoms with Gasteiger partial charge in [-0.1, -0.05) is 248 Å². The Morgan fingerprint density at radius 1 is 0.741 bits per heavy atom. The first-order valence-corrected chi connectivity index (χ1v) is 30.3. The van der Waals surface area contributed by atoms with Crippen molar-refractivity contribution in [3.05, 3.63) is 280 Å². The maximum absolute atomic E-state index is 7.72. The molecule has 1 heterocycles. The molecule has 5 nitrogen and oxygen atoms in total. The van der Waals surface area contributed by atoms with E-state index in [0.29, 0.717) is 17.8 Å². The lowest BCUT2D eigenvalue weighted by Crippen LogP contribution is -2.38. The van der Waals surface area contributed by atoms with Crippen LogP contribution in [0.5, 0.6) is 0 Å². The van der Waals surface area contributed by atoms with Crippen molar-refractivity contribution in [2.75, 3.05) is 23.4 Å². The second-order valence-corrected chi connectivity index (χ2v) is 25.7. The highest BCUT2D eigenvalue weighted by molar-refractivity contribution is 6.12. The fraction of sp³-hybridized carbons (Fsp3) is 0.275. The van der Waals surface area contributed by atoms with Gasteiger partial charge in [0.2, 0.25) is 0 Å². The maximum atomic E-state index is 7.72. The average Bonchev–Trinajstić information content (AvgIpc) is 1.54. The monoisotopic (exact) mass is 1120 g/mol. The molecule has 1 aromatic heterocycles. The first-order valence-electron chi connectivity index (χ1n) is 30.3. The molecule has 7 aromatic rings. The lowest BCUT2D eigenvalue weighted by Gasteiger charge is -2.38. The molecule has 0 spiro atoms. The molecule has 438 valence electrons. The van der Waals surface area contributed by atoms with Crippen LogP contribution in [0.3, 0.4) is 0 Å². The summed E-state index contributed by atoms with van der Waals surface area (Å²) in [6.07, 6.45) is 29.4. The smallest absolute Gasteiger partial charge is 0.145 e. The topological polar surface area (TPSA) is 71.7 Å². The standard InChI is InChI=1S/C74H75N3O.C5H12.CH5N/c1-12-23-63-68(13-2)78-71-69-62-43-42-61(77(60-28-21-16-22-29-60)72(75)64(44-49(3)4)55-36-32-51(6)33-37-55)46-65(62)74(57-24-17-14-18-25-57,58-26-19-15-20-27-58)66(69)47-67(70(63)71)76(59-40-38-56(39-41-59)73(9,10)11)48-52(7)45-53(8)54-34-30-50(5)31-35-54;1-5(2,3)4;1-2/h12-14,16-19,21-28,30-47,60H,2,8,15,20,29,48,75H2,1,3-7,9-11H3;1-4H3;2H2,1H3/b23-12-,52-45-,72-64-;;. The third kappa shape index (κ3) is 13.6. The summed E-state index contributed by atoms with van der Waals surface area (Å²) in [7, 11) is 1.50. The van der Waals surface area contributed by atoms with Crippen LogP contribution in [0.2, 0.25) is 0 Å². The Balaban J connectivity index is 0.00000128. The van der Waals surface area contributed by atoms with Gasteiger partial charge in [-0.25, -0.2) is 0 Å². The van der Waals surface area contributed by atoms with Crippen molar-refractivity contribution in [1.82, 2.24) is 0 Å². The predicted octanol–water partition coefficient (Wildman–Crippen LogP) is 21.0. The lowest BCUT2D eigenvalue weighted by molar-refractivity contribution is 0.469. The van der Waals surface area contributed by atoms with Gasteiger partial charge >= 0.3 is 0 Å². The van der Waals surface area contributed by atoms with Crippen molar-refractivity contribution in [2.24, 2.45) is 16.9 Å². The summed E-state index contributed by atoms with van der Waals surface area (Å²) < 4.78 is 7.36. The summed E-state index contributed by atoms with van der Waals surface area (Å²) in [6, 6.07) is 47.2. The highest BCUT2D eigenvalue weighted by Crippen LogP contribution is 2.62. The van der Waals surface area contributed by atoms with Gasteiger partial charge in [0.1, 0.15) is 17.2 Å². The fourth-order valence-corrected chi connectivity index (χ4v) is 11.9. The average molecular weight is 1130 g/mol. The van der Waals surface area contributed by atoms with Gasteiger partial charge in [-0.3, -0.25) is 0 Å². The predicted molar refractivity (Wildman–Crippen MR) is 371 cm³/mol. The number of allylic oxidation sites excluding steroid dienone is 12. The number of hydrogen-bond donors (Lipinski definition) is 2. The number of benzene rings is 6. The third-order valence-corrected chi connectivity index (χ3v) is 15.7. The highest BCUT2D eigenvalue weighted by atomic mass is 16.3. The second kappa shape index (κ2) is 26.7. The van der Waals surface area contributed by atoms with Crippen LogP contribution in [-0.4, -0.2) is 19.6 Å². The van der Waals surface area contributed by atoms with E-state index < -0.39 is 5.41 Å². The van der Waals surface area contributed by atoms with E-state index in [9.17, 15) is 0 Å². The van der Waals surface area contributed by atoms with Gasteiger partial charge in [0.25, 0.3) is 0 Å². The van der Waals surface area contributed by atoms with E-state index in [1.807, 2.05) is 6.08 Å². The normalized spacial score (nSPS) is 16.5. The Morgan fingerprint density at radius 3 is 1.94 bits per heavy atom. The van der Waals surface area contributed by atoms with Crippen molar-refractivity contribution in [2.45, 2.75) is 126 Å². The van der Waals surface area contributed by atoms with Gasteiger partial charge in [0.15, 0.2) is 0 Å². The van der Waals surface area contributed by atoms with E-state index >= 15 is 0 Å². The molecule has 4 N–H and O–H groups in total. The first kappa shape index (κ1) is 62.7. The maximum Gasteiger partial charge on any atom is 0.145 e. The van der Waals surface area contributed by atoms with E-state index in [-0.39, 0.29) is 11.5 Å². The zero-order valence-corrected chi connectivity index (χ0v) is 53.3. The molecule has 2 atom stereocenters. The van der Waals surface area contributed by atoms with Gasteiger partial charge in [0, 0.05) is 34.6 Å². The number of aryl methyl sites for hydroxylation is 2. The van der Waals surface area contributed by atoms with Crippen LogP contribution in [0.4, 0.5) is 17.1 Å². The van der Waals surface area contributed by atoms with Crippen molar-refractivity contribution >= 4 is 51.3 Å². The van der Waals surface area contributed by atoms with Crippen LogP contribution in [0.25, 0.3) is 45.4 Å². The molecule has 85 heavy (non-hydrogen) atoms. The van der Waals surface area contributed by atoms with E-state index in [1.165, 1.54) is 57.1 Å². The summed E-state index contributed by atoms with van der Waals surface area (Å²) in [5, 5.41) is 1.04. The molecule has 0 aliphatic heterocycles. The van der Waals surface area contributed by atoms with E-state index in [0.717, 1.165) is 92.0 Å². The molecule has 10 rings (SSSR count). The van der Waals surface area contributed by atoms with Crippen LogP contribution < -0.4 is 21.3 Å². The van der Waals surface area contributed by atoms with Gasteiger partial charge in [-0.05, 0) is 165 Å². The van der Waals surface area contributed by atoms with Crippen molar-refractivity contribution in [1.29, 1.82) is 0 Å². The SMILES string of the molecule is C=Cc1oc2c3c(cc(N(C/C(C)=C\C(=C)c4ccc(C)cc4)c4ccc(C(C)(C)C)cc4)c2c1/C=C\C)C(C1=CCCC=C1)(c1ccccc1)c1cc(N(/C(N)=C(/C=C(C)C)c2ccc(C)cc2)C2C=CC=CC2)ccc1-3.CC(C)(C)C.CN. The molecular weight excluding hydrogens is 1030 g/mol. The molecular formula is C80H92N4O. The quantitative estimate of drug-likeness (QED) is 0.100. The molecule has 0 amide bonds. The summed E-state index contributed by atoms with van der Waals surface area (Å²) >= 11 is 0. The molecule has 0 bridgehead atoms. The van der Waals surface area contributed by atoms with Gasteiger partial charge in [-0.2, -0.15) is 0 Å². The summed E-state index contributed by atoms with van der Waals surface area (Å²) in [5.41, 5.74) is 34.1. The Bertz CT molecular complexity index is 3790. The molecule has 3 aliphatic carbocycles. The van der Waals surface area contributed by atoms with Crippen LogP contribution in [-0.2, 0) is 10.8 Å². The number of nitrogens with zero attached hydrogens (tertiary/aromatic N) is 2. The molecule has 6 aromatic carbocycles. The summed E-state index contributed by atoms with van der Waals surface area (Å²) in [4.78, 5) is 4.87. The fourth-order valence-electron chi connectivity index (χ4n) is 11.9. The van der Waals surface area contributed by atoms with Crippen LogP contribution in [0.1, 0.15) is 151 Å². The second-order valence-electron chi connectivity index (χ2n) is 25.7. The van der Waals surface area contributed by atoms with E-state index in [1.54, 1.807) is 0 Å². The van der Waals surface area contributed by atoms with Crippen LogP contribution >= 0.6 is 0 Å². The molecule has 0 saturated heterocycles. The number of hydrogen-bond acceptors (Lipinski definition) is 5. The summed E-state index contributed by atoms with van der Waals surface area (Å²) in [6.45, 7) is 38.0. The number of furan rings is 1. The number of fused-ring (bicyclic) bond motifs is 5. The molecule has 0 fully saturated rings. The largest absolute Gasteiger partial charge is 0.455 e. The number of rotatable bonds is 15. The zero-order chi connectivity index (χ0) is 61.4. The minimum atomic E-state index is -0.776. The third-order valence-electron chi connectivity index (χ3n) is 15.7. The minimum Gasteiger partial charge on any atom is -0.455 e. The number of anilines is 3. The van der Waals surface area contributed by atoms with Crippen molar-refractivity contribution in [3.8, 4) is 11.1 Å². The van der Waals surface area contributed by atoms with Gasteiger partial charge < -0.3 is 25.7 Å². The van der Waals surface area contributed by atoms with Crippen LogP contribution in [0.15, 0.2) is 228 Å². The molecule has 2 unspecified atom stereocenters. The first-order chi connectivity index (χ1) is 40.6. The van der Waals surface area contributed by atoms with E-state index in [2.05, 4.69) is 313 Å².